The molecule has 1 N–H and O–H groups in total. The van der Waals surface area contributed by atoms with Crippen LogP contribution in [-0.2, 0) is 9.47 Å². The molecule has 4 nitrogen and oxygen atoms in total. The minimum absolute atomic E-state index is 0.340. The molecule has 0 aliphatic carbocycles. The number of methoxy groups -OCH3 is 1. The first kappa shape index (κ1) is 16.2. The van der Waals surface area contributed by atoms with Crippen LogP contribution in [-0.4, -0.2) is 33.5 Å². The molecule has 0 aliphatic rings. The summed E-state index contributed by atoms with van der Waals surface area (Å²) in [6, 6.07) is 2.45. The third-order valence-electron chi connectivity index (χ3n) is 3.14. The predicted octanol–water partition coefficient (Wildman–Crippen LogP) is 2.99. The van der Waals surface area contributed by atoms with Crippen molar-refractivity contribution in [1.82, 2.24) is 5.32 Å². The molecule has 1 rings (SSSR count). The van der Waals surface area contributed by atoms with Crippen molar-refractivity contribution < 1.29 is 13.9 Å². The second kappa shape index (κ2) is 9.13. The zero-order chi connectivity index (χ0) is 14.1. The average molecular weight is 269 g/mol. The second-order valence-corrected chi connectivity index (χ2v) is 4.86. The van der Waals surface area contributed by atoms with Crippen molar-refractivity contribution in [3.8, 4) is 0 Å². The highest BCUT2D eigenvalue weighted by molar-refractivity contribution is 5.23. The molecule has 110 valence electrons. The van der Waals surface area contributed by atoms with E-state index in [9.17, 15) is 0 Å². The lowest BCUT2D eigenvalue weighted by atomic mass is 10.1. The fourth-order valence-electron chi connectivity index (χ4n) is 2.08. The van der Waals surface area contributed by atoms with Gasteiger partial charge in [0.05, 0.1) is 13.2 Å². The number of hydrogen-bond donors (Lipinski definition) is 1. The molecular weight excluding hydrogens is 242 g/mol. The number of unbranched alkanes of at least 4 members (excludes halogenated alkanes) is 1. The van der Waals surface area contributed by atoms with Gasteiger partial charge in [0, 0.05) is 25.3 Å². The monoisotopic (exact) mass is 269 g/mol. The van der Waals surface area contributed by atoms with Crippen molar-refractivity contribution >= 4 is 0 Å². The van der Waals surface area contributed by atoms with Crippen molar-refractivity contribution in [2.75, 3.05) is 33.5 Å². The van der Waals surface area contributed by atoms with Crippen molar-refractivity contribution in [1.29, 1.82) is 0 Å². The molecule has 1 atom stereocenters. The van der Waals surface area contributed by atoms with Gasteiger partial charge in [-0.3, -0.25) is 0 Å². The largest absolute Gasteiger partial charge is 0.466 e. The van der Waals surface area contributed by atoms with E-state index in [4.69, 9.17) is 13.9 Å². The minimum Gasteiger partial charge on any atom is -0.466 e. The van der Waals surface area contributed by atoms with Crippen molar-refractivity contribution in [3.63, 3.8) is 0 Å². The van der Waals surface area contributed by atoms with E-state index in [0.717, 1.165) is 37.5 Å². The van der Waals surface area contributed by atoms with Crippen molar-refractivity contribution in [2.24, 2.45) is 0 Å². The fraction of sp³-hybridized carbons (Fsp3) is 0.733. The van der Waals surface area contributed by atoms with Gasteiger partial charge in [0.1, 0.15) is 11.5 Å². The Bertz CT molecular complexity index is 349. The van der Waals surface area contributed by atoms with Gasteiger partial charge in [-0.1, -0.05) is 0 Å². The number of hydrogen-bond acceptors (Lipinski definition) is 4. The Morgan fingerprint density at radius 2 is 2.00 bits per heavy atom. The number of aryl methyl sites for hydroxylation is 2. The van der Waals surface area contributed by atoms with E-state index in [-0.39, 0.29) is 0 Å². The van der Waals surface area contributed by atoms with Crippen LogP contribution < -0.4 is 5.32 Å². The minimum atomic E-state index is 0.340. The van der Waals surface area contributed by atoms with E-state index < -0.39 is 0 Å². The van der Waals surface area contributed by atoms with E-state index in [2.05, 4.69) is 18.3 Å². The molecule has 1 unspecified atom stereocenters. The normalized spacial score (nSPS) is 12.8. The average Bonchev–Trinajstić information content (AvgIpc) is 2.71. The highest BCUT2D eigenvalue weighted by Crippen LogP contribution is 2.20. The molecule has 4 heteroatoms. The van der Waals surface area contributed by atoms with Crippen LogP contribution in [0.3, 0.4) is 0 Å². The Kier molecular flexibility index (Phi) is 7.79. The smallest absolute Gasteiger partial charge is 0.105 e. The first-order valence-corrected chi connectivity index (χ1v) is 7.02. The maximum Gasteiger partial charge on any atom is 0.105 e. The molecule has 0 saturated heterocycles. The Labute approximate surface area is 116 Å². The van der Waals surface area contributed by atoms with Gasteiger partial charge in [0.15, 0.2) is 0 Å². The topological polar surface area (TPSA) is 43.6 Å². The molecule has 1 aromatic rings. The molecule has 1 aromatic heterocycles. The summed E-state index contributed by atoms with van der Waals surface area (Å²) in [5, 5.41) is 3.51. The van der Waals surface area contributed by atoms with Crippen LogP contribution in [0, 0.1) is 13.8 Å². The lowest BCUT2D eigenvalue weighted by molar-refractivity contribution is 0.0687. The van der Waals surface area contributed by atoms with E-state index >= 15 is 0 Å². The maximum atomic E-state index is 5.55. The fourth-order valence-corrected chi connectivity index (χ4v) is 2.08. The van der Waals surface area contributed by atoms with Gasteiger partial charge in [-0.05, 0) is 46.2 Å². The van der Waals surface area contributed by atoms with Crippen LogP contribution >= 0.6 is 0 Å². The first-order valence-electron chi connectivity index (χ1n) is 7.02. The highest BCUT2D eigenvalue weighted by atomic mass is 16.5. The van der Waals surface area contributed by atoms with Gasteiger partial charge in [-0.15, -0.1) is 0 Å². The Hall–Kier alpha value is -0.840. The molecule has 0 aliphatic heterocycles. The number of nitrogens with one attached hydrogen (secondary N) is 1. The van der Waals surface area contributed by atoms with Crippen LogP contribution in [0.25, 0.3) is 0 Å². The maximum absolute atomic E-state index is 5.55. The molecule has 0 fully saturated rings. The molecule has 0 radical (unpaired) electrons. The third kappa shape index (κ3) is 6.23. The van der Waals surface area contributed by atoms with Crippen molar-refractivity contribution in [3.05, 3.63) is 23.2 Å². The zero-order valence-electron chi connectivity index (χ0n) is 12.6. The summed E-state index contributed by atoms with van der Waals surface area (Å²) >= 11 is 0. The van der Waals surface area contributed by atoms with Crippen molar-refractivity contribution in [2.45, 2.75) is 39.7 Å². The van der Waals surface area contributed by atoms with Gasteiger partial charge in [0.2, 0.25) is 0 Å². The van der Waals surface area contributed by atoms with Crippen LogP contribution in [0.4, 0.5) is 0 Å². The Morgan fingerprint density at radius 3 is 2.63 bits per heavy atom. The molecule has 0 spiro atoms. The van der Waals surface area contributed by atoms with Crippen LogP contribution in [0.2, 0.25) is 0 Å². The predicted molar refractivity (Wildman–Crippen MR) is 76.5 cm³/mol. The summed E-state index contributed by atoms with van der Waals surface area (Å²) in [6.07, 6.45) is 2.19. The third-order valence-corrected chi connectivity index (χ3v) is 3.14. The van der Waals surface area contributed by atoms with Gasteiger partial charge in [-0.25, -0.2) is 0 Å². The van der Waals surface area contributed by atoms with Gasteiger partial charge >= 0.3 is 0 Å². The molecule has 19 heavy (non-hydrogen) atoms. The first-order chi connectivity index (χ1) is 9.15. The molecule has 1 heterocycles. The van der Waals surface area contributed by atoms with E-state index in [1.807, 2.05) is 13.8 Å². The number of ether oxygens (including phenoxy) is 2. The van der Waals surface area contributed by atoms with Gasteiger partial charge < -0.3 is 19.2 Å². The summed E-state index contributed by atoms with van der Waals surface area (Å²) in [7, 11) is 1.69. The Morgan fingerprint density at radius 1 is 1.21 bits per heavy atom. The number of rotatable bonds is 10. The van der Waals surface area contributed by atoms with E-state index in [0.29, 0.717) is 19.3 Å². The summed E-state index contributed by atoms with van der Waals surface area (Å²) in [5.41, 5.74) is 1.26. The molecular formula is C15H27NO3. The lowest BCUT2D eigenvalue weighted by Crippen LogP contribution is -2.20. The van der Waals surface area contributed by atoms with E-state index in [1.165, 1.54) is 5.56 Å². The summed E-state index contributed by atoms with van der Waals surface area (Å²) < 4.78 is 15.9. The molecule has 0 bridgehead atoms. The SMILES string of the molecule is COCCOCCCCNC(C)c1cc(C)oc1C. The molecule has 0 saturated carbocycles. The van der Waals surface area contributed by atoms with Gasteiger partial charge in [-0.2, -0.15) is 0 Å². The Balaban J connectivity index is 2.08. The number of furan rings is 1. The standard InChI is InChI=1S/C15H27NO3/c1-12-11-15(14(3)19-12)13(2)16-7-5-6-8-18-10-9-17-4/h11,13,16H,5-10H2,1-4H3. The quantitative estimate of drug-likeness (QED) is 0.663. The lowest BCUT2D eigenvalue weighted by Gasteiger charge is -2.13. The highest BCUT2D eigenvalue weighted by Gasteiger charge is 2.11. The van der Waals surface area contributed by atoms with E-state index in [1.54, 1.807) is 7.11 Å². The van der Waals surface area contributed by atoms with Crippen LogP contribution in [0.15, 0.2) is 10.5 Å². The second-order valence-electron chi connectivity index (χ2n) is 4.86. The summed E-state index contributed by atoms with van der Waals surface area (Å²) in [4.78, 5) is 0. The molecule has 0 amide bonds. The molecule has 0 aromatic carbocycles. The van der Waals surface area contributed by atoms with Crippen LogP contribution in [0.5, 0.6) is 0 Å². The van der Waals surface area contributed by atoms with Crippen LogP contribution in [0.1, 0.15) is 42.9 Å². The zero-order valence-corrected chi connectivity index (χ0v) is 12.6. The van der Waals surface area contributed by atoms with Gasteiger partial charge in [0.25, 0.3) is 0 Å². The summed E-state index contributed by atoms with van der Waals surface area (Å²) in [6.45, 7) is 9.35. The summed E-state index contributed by atoms with van der Waals surface area (Å²) in [5.74, 6) is 1.99.